The van der Waals surface area contributed by atoms with Crippen molar-refractivity contribution in [2.24, 2.45) is 5.92 Å². The van der Waals surface area contributed by atoms with Gasteiger partial charge in [0.1, 0.15) is 6.10 Å². The molecule has 2 aromatic carbocycles. The van der Waals surface area contributed by atoms with Crippen LogP contribution in [0.1, 0.15) is 75.0 Å². The molecule has 1 spiro atoms. The van der Waals surface area contributed by atoms with E-state index in [-0.39, 0.29) is 23.9 Å². The van der Waals surface area contributed by atoms with Crippen LogP contribution in [0.25, 0.3) is 0 Å². The number of rotatable bonds is 9. The summed E-state index contributed by atoms with van der Waals surface area (Å²) in [5.74, 6) is 1.71. The summed E-state index contributed by atoms with van der Waals surface area (Å²) < 4.78 is 6.87. The minimum Gasteiger partial charge on any atom is -0.504 e. The molecule has 5 aliphatic rings. The van der Waals surface area contributed by atoms with E-state index >= 15 is 0 Å². The SMILES string of the molecule is CCCCCN(Cc1ccccc1)[C@@H]1CC[C@@]2(O)[C@@H]3Cc4ccc(O)c5c4[C@@]2(CCN3CC2CC2)[C@H]1O5. The third kappa shape index (κ3) is 3.60. The van der Waals surface area contributed by atoms with Crippen LogP contribution in [-0.2, 0) is 18.4 Å². The average Bonchev–Trinajstić information content (AvgIpc) is 3.64. The van der Waals surface area contributed by atoms with Crippen LogP contribution in [0.3, 0.4) is 0 Å². The van der Waals surface area contributed by atoms with E-state index < -0.39 is 11.0 Å². The Morgan fingerprint density at radius 1 is 1.05 bits per heavy atom. The van der Waals surface area contributed by atoms with Crippen LogP contribution in [0, 0.1) is 5.92 Å². The van der Waals surface area contributed by atoms with Gasteiger partial charge in [0.15, 0.2) is 11.5 Å². The highest BCUT2D eigenvalue weighted by atomic mass is 16.5. The number of benzene rings is 2. The molecule has 3 aliphatic carbocycles. The van der Waals surface area contributed by atoms with Gasteiger partial charge in [-0.25, -0.2) is 0 Å². The second-order valence-corrected chi connectivity index (χ2v) is 12.6. The molecule has 5 nitrogen and oxygen atoms in total. The summed E-state index contributed by atoms with van der Waals surface area (Å²) in [6.07, 6.45) is 9.63. The molecule has 7 rings (SSSR count). The van der Waals surface area contributed by atoms with Crippen molar-refractivity contribution in [1.82, 2.24) is 9.80 Å². The van der Waals surface area contributed by atoms with Crippen LogP contribution in [0.4, 0.5) is 0 Å². The molecule has 0 aromatic heterocycles. The minimum absolute atomic E-state index is 0.135. The molecule has 2 heterocycles. The van der Waals surface area contributed by atoms with Crippen LogP contribution in [-0.4, -0.2) is 63.4 Å². The maximum absolute atomic E-state index is 12.8. The molecule has 37 heavy (non-hydrogen) atoms. The van der Waals surface area contributed by atoms with Crippen LogP contribution in [0.15, 0.2) is 42.5 Å². The Kier molecular flexibility index (Phi) is 5.83. The topological polar surface area (TPSA) is 56.2 Å². The molecule has 2 N–H and O–H groups in total. The highest BCUT2D eigenvalue weighted by Crippen LogP contribution is 2.66. The first-order chi connectivity index (χ1) is 18.0. The number of nitrogens with zero attached hydrogens (tertiary/aromatic N) is 2. The zero-order valence-electron chi connectivity index (χ0n) is 22.2. The lowest BCUT2D eigenvalue weighted by molar-refractivity contribution is -0.201. The number of hydrogen-bond donors (Lipinski definition) is 2. The van der Waals surface area contributed by atoms with E-state index in [4.69, 9.17) is 4.74 Å². The van der Waals surface area contributed by atoms with E-state index in [2.05, 4.69) is 53.1 Å². The predicted molar refractivity (Wildman–Crippen MR) is 145 cm³/mol. The Hall–Kier alpha value is -2.08. The number of aromatic hydroxyl groups is 1. The molecule has 3 fully saturated rings. The van der Waals surface area contributed by atoms with Crippen molar-refractivity contribution in [2.75, 3.05) is 19.6 Å². The molecule has 5 heteroatoms. The van der Waals surface area contributed by atoms with E-state index in [0.29, 0.717) is 5.75 Å². The summed E-state index contributed by atoms with van der Waals surface area (Å²) in [6, 6.07) is 15.1. The number of likely N-dealkylation sites (tertiary alicyclic amines) is 1. The highest BCUT2D eigenvalue weighted by molar-refractivity contribution is 5.62. The first-order valence-electron chi connectivity index (χ1n) is 14.8. The summed E-state index contributed by atoms with van der Waals surface area (Å²) in [4.78, 5) is 5.27. The molecule has 1 saturated heterocycles. The van der Waals surface area contributed by atoms with E-state index in [9.17, 15) is 10.2 Å². The quantitative estimate of drug-likeness (QED) is 0.472. The molecule has 2 aromatic rings. The van der Waals surface area contributed by atoms with Gasteiger partial charge in [-0.2, -0.15) is 0 Å². The van der Waals surface area contributed by atoms with Crippen molar-refractivity contribution in [3.05, 3.63) is 59.2 Å². The number of hydrogen-bond acceptors (Lipinski definition) is 5. The maximum atomic E-state index is 12.8. The van der Waals surface area contributed by atoms with E-state index in [0.717, 1.165) is 63.3 Å². The average molecular weight is 503 g/mol. The fourth-order valence-corrected chi connectivity index (χ4v) is 8.57. The molecule has 198 valence electrons. The van der Waals surface area contributed by atoms with Gasteiger partial charge >= 0.3 is 0 Å². The molecule has 0 unspecified atom stereocenters. The van der Waals surface area contributed by atoms with Crippen molar-refractivity contribution in [3.8, 4) is 11.5 Å². The van der Waals surface area contributed by atoms with Crippen LogP contribution < -0.4 is 4.74 Å². The van der Waals surface area contributed by atoms with Crippen LogP contribution >= 0.6 is 0 Å². The van der Waals surface area contributed by atoms with Crippen molar-refractivity contribution >= 4 is 0 Å². The number of piperidine rings is 1. The lowest BCUT2D eigenvalue weighted by atomic mass is 9.48. The Morgan fingerprint density at radius 3 is 2.68 bits per heavy atom. The van der Waals surface area contributed by atoms with Gasteiger partial charge in [-0.05, 0) is 81.1 Å². The monoisotopic (exact) mass is 502 g/mol. The molecule has 2 aliphatic heterocycles. The van der Waals surface area contributed by atoms with E-state index in [1.165, 1.54) is 43.2 Å². The van der Waals surface area contributed by atoms with Gasteiger partial charge in [0.2, 0.25) is 0 Å². The fraction of sp³-hybridized carbons (Fsp3) is 0.625. The Labute approximate surface area is 221 Å². The molecule has 2 bridgehead atoms. The first-order valence-corrected chi connectivity index (χ1v) is 14.8. The standard InChI is InChI=1S/C32H42N2O3/c1-2-3-7-17-33(20-22-8-5-4-6-9-22)25-14-15-32(36)27-19-24-12-13-26(35)29-28(24)31(32,30(25)37-29)16-18-34(27)21-23-10-11-23/h4-6,8-9,12-13,23,25,27,30,35-36H,2-3,7,10-11,14-21H2,1H3/t25-,27+,30+,31+,32-/m1/s1. The first kappa shape index (κ1) is 24.0. The summed E-state index contributed by atoms with van der Waals surface area (Å²) in [7, 11) is 0. The minimum atomic E-state index is -0.810. The predicted octanol–water partition coefficient (Wildman–Crippen LogP) is 5.02. The van der Waals surface area contributed by atoms with Gasteiger partial charge in [0.25, 0.3) is 0 Å². The van der Waals surface area contributed by atoms with Gasteiger partial charge in [-0.1, -0.05) is 56.2 Å². The van der Waals surface area contributed by atoms with Gasteiger partial charge in [-0.15, -0.1) is 0 Å². The van der Waals surface area contributed by atoms with Crippen LogP contribution in [0.5, 0.6) is 11.5 Å². The third-order valence-corrected chi connectivity index (χ3v) is 10.5. The van der Waals surface area contributed by atoms with E-state index in [1.54, 1.807) is 0 Å². The van der Waals surface area contributed by atoms with Crippen molar-refractivity contribution in [2.45, 2.75) is 100 Å². The van der Waals surface area contributed by atoms with Crippen LogP contribution in [0.2, 0.25) is 0 Å². The molecule has 5 atom stereocenters. The zero-order valence-corrected chi connectivity index (χ0v) is 22.2. The number of unbranched alkanes of at least 4 members (excludes halogenated alkanes) is 2. The smallest absolute Gasteiger partial charge is 0.165 e. The Balaban J connectivity index is 1.29. The number of phenolic OH excluding ortho intramolecular Hbond substituents is 1. The fourth-order valence-electron chi connectivity index (χ4n) is 8.57. The summed E-state index contributed by atoms with van der Waals surface area (Å²) in [5, 5.41) is 23.8. The summed E-state index contributed by atoms with van der Waals surface area (Å²) >= 11 is 0. The van der Waals surface area contributed by atoms with Gasteiger partial charge in [-0.3, -0.25) is 9.80 Å². The molecular weight excluding hydrogens is 460 g/mol. The Morgan fingerprint density at radius 2 is 1.89 bits per heavy atom. The normalized spacial score (nSPS) is 33.9. The molecule has 0 amide bonds. The summed E-state index contributed by atoms with van der Waals surface area (Å²) in [6.45, 7) is 6.33. The number of aliphatic hydroxyl groups is 1. The van der Waals surface area contributed by atoms with Crippen molar-refractivity contribution in [1.29, 1.82) is 0 Å². The third-order valence-electron chi connectivity index (χ3n) is 10.5. The van der Waals surface area contributed by atoms with Crippen molar-refractivity contribution < 1.29 is 14.9 Å². The van der Waals surface area contributed by atoms with E-state index in [1.807, 2.05) is 6.07 Å². The zero-order chi connectivity index (χ0) is 25.2. The molecule has 0 radical (unpaired) electrons. The second kappa shape index (κ2) is 9.00. The lowest BCUT2D eigenvalue weighted by Gasteiger charge is -2.65. The lowest BCUT2D eigenvalue weighted by Crippen LogP contribution is -2.78. The highest BCUT2D eigenvalue weighted by Gasteiger charge is 2.73. The second-order valence-electron chi connectivity index (χ2n) is 12.6. The van der Waals surface area contributed by atoms with Gasteiger partial charge < -0.3 is 14.9 Å². The molecular formula is C32H42N2O3. The Bertz CT molecular complexity index is 1150. The number of ether oxygens (including phenoxy) is 1. The summed E-state index contributed by atoms with van der Waals surface area (Å²) in [5.41, 5.74) is 2.50. The maximum Gasteiger partial charge on any atom is 0.165 e. The largest absolute Gasteiger partial charge is 0.504 e. The van der Waals surface area contributed by atoms with Gasteiger partial charge in [0, 0.05) is 30.7 Å². The number of phenols is 1. The van der Waals surface area contributed by atoms with Gasteiger partial charge in [0.05, 0.1) is 11.0 Å². The van der Waals surface area contributed by atoms with Crippen molar-refractivity contribution in [3.63, 3.8) is 0 Å². The molecule has 2 saturated carbocycles.